The Hall–Kier alpha value is -1.49. The number of carbonyl (C=O) groups excluding carboxylic acids is 1. The maximum atomic E-state index is 13.6. The van der Waals surface area contributed by atoms with Crippen molar-refractivity contribution in [2.24, 2.45) is 0 Å². The summed E-state index contributed by atoms with van der Waals surface area (Å²) in [6.45, 7) is 5.02. The molecule has 0 aliphatic rings. The average molecular weight is 270 g/mol. The van der Waals surface area contributed by atoms with Gasteiger partial charge in [-0.1, -0.05) is 6.92 Å². The molecule has 0 aliphatic carbocycles. The molecule has 3 nitrogen and oxygen atoms in total. The normalized spacial score (nSPS) is 12.3. The number of hydrogen-bond donors (Lipinski definition) is 1. The first-order chi connectivity index (χ1) is 8.97. The number of benzene rings is 1. The fourth-order valence-electron chi connectivity index (χ4n) is 1.81. The Morgan fingerprint density at radius 3 is 2.74 bits per heavy atom. The molecule has 5 heteroatoms. The largest absolute Gasteiger partial charge is 0.339 e. The van der Waals surface area contributed by atoms with Crippen LogP contribution in [0, 0.1) is 11.6 Å². The van der Waals surface area contributed by atoms with Crippen LogP contribution >= 0.6 is 0 Å². The molecular formula is C14H20F2N2O. The first kappa shape index (κ1) is 15.6. The zero-order valence-electron chi connectivity index (χ0n) is 11.5. The van der Waals surface area contributed by atoms with Crippen LogP contribution in [-0.2, 0) is 4.79 Å². The second-order valence-corrected chi connectivity index (χ2v) is 4.45. The van der Waals surface area contributed by atoms with E-state index < -0.39 is 17.7 Å². The van der Waals surface area contributed by atoms with E-state index in [1.807, 2.05) is 6.92 Å². The van der Waals surface area contributed by atoms with Crippen LogP contribution in [0.2, 0.25) is 0 Å². The standard InChI is InChI=1S/C14H20F2N2O/c1-4-17-8-7-14(19)18(3)10(2)12-9-11(15)5-6-13(12)16/h5-6,9-10,17H,4,7-8H2,1-3H3. The fraction of sp³-hybridized carbons (Fsp3) is 0.500. The van der Waals surface area contributed by atoms with Crippen LogP contribution < -0.4 is 5.32 Å². The summed E-state index contributed by atoms with van der Waals surface area (Å²) in [5.74, 6) is -1.10. The minimum atomic E-state index is -0.503. The summed E-state index contributed by atoms with van der Waals surface area (Å²) in [6, 6.07) is 2.79. The molecule has 19 heavy (non-hydrogen) atoms. The molecular weight excluding hydrogens is 250 g/mol. The Morgan fingerprint density at radius 2 is 2.11 bits per heavy atom. The van der Waals surface area contributed by atoms with E-state index in [4.69, 9.17) is 0 Å². The molecule has 0 fully saturated rings. The van der Waals surface area contributed by atoms with Crippen LogP contribution in [0.15, 0.2) is 18.2 Å². The van der Waals surface area contributed by atoms with E-state index in [1.165, 1.54) is 4.90 Å². The Bertz CT molecular complexity index is 437. The number of amides is 1. The zero-order valence-corrected chi connectivity index (χ0v) is 11.5. The first-order valence-electron chi connectivity index (χ1n) is 6.38. The van der Waals surface area contributed by atoms with Crippen molar-refractivity contribution in [3.05, 3.63) is 35.4 Å². The molecule has 1 aromatic rings. The van der Waals surface area contributed by atoms with Crippen LogP contribution in [0.1, 0.15) is 31.9 Å². The van der Waals surface area contributed by atoms with E-state index in [0.29, 0.717) is 13.0 Å². The summed E-state index contributed by atoms with van der Waals surface area (Å²) in [7, 11) is 1.60. The number of halogens is 2. The van der Waals surface area contributed by atoms with Gasteiger partial charge in [0.2, 0.25) is 5.91 Å². The third kappa shape index (κ3) is 4.28. The Kier molecular flexibility index (Phi) is 5.89. The van der Waals surface area contributed by atoms with Gasteiger partial charge in [-0.05, 0) is 31.7 Å². The Labute approximate surface area is 112 Å². The van der Waals surface area contributed by atoms with Crippen LogP contribution in [0.5, 0.6) is 0 Å². The smallest absolute Gasteiger partial charge is 0.224 e. The van der Waals surface area contributed by atoms with E-state index in [1.54, 1.807) is 14.0 Å². The average Bonchev–Trinajstić information content (AvgIpc) is 2.40. The molecule has 0 aliphatic heterocycles. The lowest BCUT2D eigenvalue weighted by Crippen LogP contribution is -2.32. The van der Waals surface area contributed by atoms with Gasteiger partial charge in [-0.15, -0.1) is 0 Å². The summed E-state index contributed by atoms with van der Waals surface area (Å²) < 4.78 is 26.8. The van der Waals surface area contributed by atoms with Crippen molar-refractivity contribution in [2.45, 2.75) is 26.3 Å². The van der Waals surface area contributed by atoms with Crippen molar-refractivity contribution in [1.29, 1.82) is 0 Å². The maximum Gasteiger partial charge on any atom is 0.224 e. The van der Waals surface area contributed by atoms with E-state index in [2.05, 4.69) is 5.32 Å². The van der Waals surface area contributed by atoms with Gasteiger partial charge in [0.25, 0.3) is 0 Å². The van der Waals surface area contributed by atoms with Crippen molar-refractivity contribution < 1.29 is 13.6 Å². The molecule has 0 spiro atoms. The number of hydrogen-bond acceptors (Lipinski definition) is 2. The molecule has 0 heterocycles. The first-order valence-corrected chi connectivity index (χ1v) is 6.38. The van der Waals surface area contributed by atoms with Gasteiger partial charge < -0.3 is 10.2 Å². The number of nitrogens with one attached hydrogen (secondary N) is 1. The zero-order chi connectivity index (χ0) is 14.4. The quantitative estimate of drug-likeness (QED) is 0.805. The molecule has 1 atom stereocenters. The lowest BCUT2D eigenvalue weighted by Gasteiger charge is -2.25. The number of nitrogens with zero attached hydrogens (tertiary/aromatic N) is 1. The molecule has 1 amide bonds. The van der Waals surface area contributed by atoms with Gasteiger partial charge >= 0.3 is 0 Å². The molecule has 1 N–H and O–H groups in total. The number of rotatable bonds is 6. The van der Waals surface area contributed by atoms with Gasteiger partial charge in [0.05, 0.1) is 6.04 Å². The van der Waals surface area contributed by atoms with Gasteiger partial charge in [-0.25, -0.2) is 8.78 Å². The van der Waals surface area contributed by atoms with Gasteiger partial charge in [0, 0.05) is 25.6 Å². The van der Waals surface area contributed by atoms with E-state index in [0.717, 1.165) is 24.7 Å². The van der Waals surface area contributed by atoms with E-state index in [9.17, 15) is 13.6 Å². The molecule has 0 saturated heterocycles. The van der Waals surface area contributed by atoms with Crippen molar-refractivity contribution >= 4 is 5.91 Å². The molecule has 0 aromatic heterocycles. The molecule has 1 rings (SSSR count). The minimum absolute atomic E-state index is 0.0999. The summed E-state index contributed by atoms with van der Waals surface area (Å²) in [6.07, 6.45) is 0.339. The molecule has 1 aromatic carbocycles. The summed E-state index contributed by atoms with van der Waals surface area (Å²) in [5, 5.41) is 3.05. The molecule has 0 bridgehead atoms. The van der Waals surface area contributed by atoms with Gasteiger partial charge in [-0.2, -0.15) is 0 Å². The lowest BCUT2D eigenvalue weighted by molar-refractivity contribution is -0.131. The molecule has 106 valence electrons. The third-order valence-electron chi connectivity index (χ3n) is 3.15. The van der Waals surface area contributed by atoms with Gasteiger partial charge in [0.1, 0.15) is 11.6 Å². The van der Waals surface area contributed by atoms with Crippen LogP contribution in [0.4, 0.5) is 8.78 Å². The van der Waals surface area contributed by atoms with Gasteiger partial charge in [-0.3, -0.25) is 4.79 Å². The summed E-state index contributed by atoms with van der Waals surface area (Å²) >= 11 is 0. The minimum Gasteiger partial charge on any atom is -0.339 e. The van der Waals surface area contributed by atoms with Crippen molar-refractivity contribution in [1.82, 2.24) is 10.2 Å². The Morgan fingerprint density at radius 1 is 1.42 bits per heavy atom. The predicted molar refractivity (Wildman–Crippen MR) is 70.7 cm³/mol. The predicted octanol–water partition coefficient (Wildman–Crippen LogP) is 2.48. The van der Waals surface area contributed by atoms with Crippen LogP contribution in [0.25, 0.3) is 0 Å². The number of carbonyl (C=O) groups is 1. The highest BCUT2D eigenvalue weighted by Gasteiger charge is 2.20. The maximum absolute atomic E-state index is 13.6. The van der Waals surface area contributed by atoms with Crippen molar-refractivity contribution in [3.8, 4) is 0 Å². The van der Waals surface area contributed by atoms with Crippen LogP contribution in [0.3, 0.4) is 0 Å². The fourth-order valence-corrected chi connectivity index (χ4v) is 1.81. The van der Waals surface area contributed by atoms with Crippen molar-refractivity contribution in [2.75, 3.05) is 20.1 Å². The van der Waals surface area contributed by atoms with Crippen molar-refractivity contribution in [3.63, 3.8) is 0 Å². The third-order valence-corrected chi connectivity index (χ3v) is 3.15. The second kappa shape index (κ2) is 7.19. The van der Waals surface area contributed by atoms with E-state index >= 15 is 0 Å². The highest BCUT2D eigenvalue weighted by Crippen LogP contribution is 2.23. The topological polar surface area (TPSA) is 32.3 Å². The van der Waals surface area contributed by atoms with E-state index in [-0.39, 0.29) is 11.5 Å². The lowest BCUT2D eigenvalue weighted by atomic mass is 10.1. The summed E-state index contributed by atoms with van der Waals surface area (Å²) in [5.41, 5.74) is 0.194. The Balaban J connectivity index is 2.72. The molecule has 0 radical (unpaired) electrons. The molecule has 1 unspecified atom stereocenters. The van der Waals surface area contributed by atoms with Gasteiger partial charge in [0.15, 0.2) is 0 Å². The monoisotopic (exact) mass is 270 g/mol. The highest BCUT2D eigenvalue weighted by molar-refractivity contribution is 5.76. The summed E-state index contributed by atoms with van der Waals surface area (Å²) in [4.78, 5) is 13.3. The SMILES string of the molecule is CCNCCC(=O)N(C)C(C)c1cc(F)ccc1F. The molecule has 0 saturated carbocycles. The second-order valence-electron chi connectivity index (χ2n) is 4.45. The van der Waals surface area contributed by atoms with Crippen LogP contribution in [-0.4, -0.2) is 30.9 Å². The highest BCUT2D eigenvalue weighted by atomic mass is 19.1.